The highest BCUT2D eigenvalue weighted by Crippen LogP contribution is 2.15. The number of hydrogen-bond donors (Lipinski definition) is 1. The Balaban J connectivity index is 2.38. The van der Waals surface area contributed by atoms with Crippen molar-refractivity contribution in [1.82, 2.24) is 14.5 Å². The monoisotopic (exact) mass is 271 g/mol. The average Bonchev–Trinajstić information content (AvgIpc) is 2.73. The summed E-state index contributed by atoms with van der Waals surface area (Å²) in [5, 5.41) is 9.43. The molecule has 0 atom stereocenters. The first kappa shape index (κ1) is 15.0. The van der Waals surface area contributed by atoms with E-state index in [9.17, 15) is 4.79 Å². The number of nitrogens with zero attached hydrogens (tertiary/aromatic N) is 3. The second-order valence-electron chi connectivity index (χ2n) is 4.51. The molecule has 1 aromatic heterocycles. The van der Waals surface area contributed by atoms with E-state index in [0.717, 1.165) is 24.7 Å². The van der Waals surface area contributed by atoms with Gasteiger partial charge in [0.05, 0.1) is 5.75 Å². The van der Waals surface area contributed by atoms with Crippen LogP contribution in [-0.4, -0.2) is 50.9 Å². The van der Waals surface area contributed by atoms with Crippen LogP contribution in [0, 0.1) is 0 Å². The van der Waals surface area contributed by atoms with Crippen molar-refractivity contribution in [3.63, 3.8) is 0 Å². The van der Waals surface area contributed by atoms with Crippen LogP contribution in [0.1, 0.15) is 20.3 Å². The Morgan fingerprint density at radius 1 is 1.61 bits per heavy atom. The fourth-order valence-corrected chi connectivity index (χ4v) is 2.19. The van der Waals surface area contributed by atoms with Crippen molar-refractivity contribution in [2.75, 3.05) is 19.3 Å². The Hall–Kier alpha value is -1.01. The van der Waals surface area contributed by atoms with Gasteiger partial charge in [0.15, 0.2) is 5.16 Å². The lowest BCUT2D eigenvalue weighted by atomic mass is 10.3. The quantitative estimate of drug-likeness (QED) is 0.731. The minimum Gasteiger partial charge on any atom is -0.481 e. The van der Waals surface area contributed by atoms with Gasteiger partial charge in [0.2, 0.25) is 0 Å². The van der Waals surface area contributed by atoms with Gasteiger partial charge in [0.1, 0.15) is 0 Å². The molecule has 0 aliphatic heterocycles. The third-order valence-electron chi connectivity index (χ3n) is 2.79. The van der Waals surface area contributed by atoms with Gasteiger partial charge in [-0.3, -0.25) is 4.79 Å². The summed E-state index contributed by atoms with van der Waals surface area (Å²) in [4.78, 5) is 17.0. The molecular weight excluding hydrogens is 250 g/mol. The third-order valence-corrected chi connectivity index (χ3v) is 3.78. The van der Waals surface area contributed by atoms with Gasteiger partial charge < -0.3 is 14.6 Å². The van der Waals surface area contributed by atoms with Crippen LogP contribution in [-0.2, 0) is 11.3 Å². The van der Waals surface area contributed by atoms with Crippen molar-refractivity contribution in [2.45, 2.75) is 38.0 Å². The zero-order valence-electron chi connectivity index (χ0n) is 11.2. The molecule has 102 valence electrons. The summed E-state index contributed by atoms with van der Waals surface area (Å²) in [5.41, 5.74) is 0. The van der Waals surface area contributed by atoms with E-state index >= 15 is 0 Å². The SMILES string of the molecule is CC(C)N(C)CCCn1ccnc1SCC(=O)O. The summed E-state index contributed by atoms with van der Waals surface area (Å²) in [5.74, 6) is -0.753. The Morgan fingerprint density at radius 2 is 2.33 bits per heavy atom. The van der Waals surface area contributed by atoms with E-state index in [1.807, 2.05) is 10.8 Å². The van der Waals surface area contributed by atoms with E-state index < -0.39 is 5.97 Å². The third kappa shape index (κ3) is 5.10. The normalized spacial score (nSPS) is 11.4. The van der Waals surface area contributed by atoms with Gasteiger partial charge in [-0.1, -0.05) is 11.8 Å². The van der Waals surface area contributed by atoms with Gasteiger partial charge in [-0.25, -0.2) is 4.98 Å². The zero-order valence-corrected chi connectivity index (χ0v) is 12.0. The van der Waals surface area contributed by atoms with Crippen LogP contribution in [0.4, 0.5) is 0 Å². The summed E-state index contributed by atoms with van der Waals surface area (Å²) >= 11 is 1.27. The molecule has 0 amide bonds. The Labute approximate surface area is 112 Å². The van der Waals surface area contributed by atoms with E-state index in [0.29, 0.717) is 6.04 Å². The molecule has 0 aliphatic carbocycles. The van der Waals surface area contributed by atoms with Crippen molar-refractivity contribution in [3.8, 4) is 0 Å². The number of aromatic nitrogens is 2. The predicted octanol–water partition coefficient (Wildman–Crippen LogP) is 1.79. The highest BCUT2D eigenvalue weighted by molar-refractivity contribution is 7.99. The number of thioether (sulfide) groups is 1. The Morgan fingerprint density at radius 3 is 2.94 bits per heavy atom. The fraction of sp³-hybridized carbons (Fsp3) is 0.667. The van der Waals surface area contributed by atoms with E-state index in [1.165, 1.54) is 11.8 Å². The Kier molecular flexibility index (Phi) is 6.21. The lowest BCUT2D eigenvalue weighted by Crippen LogP contribution is -2.27. The molecule has 0 saturated heterocycles. The molecule has 1 heterocycles. The van der Waals surface area contributed by atoms with Crippen LogP contribution in [0.2, 0.25) is 0 Å². The Bertz CT molecular complexity index is 379. The van der Waals surface area contributed by atoms with E-state index in [2.05, 4.69) is 30.8 Å². The number of carboxylic acids is 1. The number of aryl methyl sites for hydroxylation is 1. The zero-order chi connectivity index (χ0) is 13.5. The maximum absolute atomic E-state index is 10.5. The lowest BCUT2D eigenvalue weighted by Gasteiger charge is -2.20. The topological polar surface area (TPSA) is 58.4 Å². The van der Waals surface area contributed by atoms with E-state index in [-0.39, 0.29) is 5.75 Å². The maximum Gasteiger partial charge on any atom is 0.313 e. The van der Waals surface area contributed by atoms with Crippen molar-refractivity contribution in [3.05, 3.63) is 12.4 Å². The van der Waals surface area contributed by atoms with Crippen LogP contribution >= 0.6 is 11.8 Å². The van der Waals surface area contributed by atoms with Gasteiger partial charge in [0, 0.05) is 25.0 Å². The van der Waals surface area contributed by atoms with Gasteiger partial charge in [-0.05, 0) is 33.9 Å². The summed E-state index contributed by atoms with van der Waals surface area (Å²) < 4.78 is 2.02. The number of imidazole rings is 1. The molecule has 0 saturated carbocycles. The number of aliphatic carboxylic acids is 1. The van der Waals surface area contributed by atoms with Crippen LogP contribution in [0.5, 0.6) is 0 Å². The summed E-state index contributed by atoms with van der Waals surface area (Å²) in [7, 11) is 2.11. The van der Waals surface area contributed by atoms with Crippen molar-refractivity contribution >= 4 is 17.7 Å². The number of carboxylic acid groups (broad SMARTS) is 1. The second-order valence-corrected chi connectivity index (χ2v) is 5.46. The fourth-order valence-electron chi connectivity index (χ4n) is 1.48. The first-order valence-electron chi connectivity index (χ1n) is 6.06. The van der Waals surface area contributed by atoms with Crippen molar-refractivity contribution in [2.24, 2.45) is 0 Å². The summed E-state index contributed by atoms with van der Waals surface area (Å²) in [6, 6.07) is 0.550. The predicted molar refractivity (Wildman–Crippen MR) is 73.0 cm³/mol. The van der Waals surface area contributed by atoms with Gasteiger partial charge in [0.25, 0.3) is 0 Å². The standard InChI is InChI=1S/C12H21N3O2S/c1-10(2)14(3)6-4-7-15-8-5-13-12(15)18-9-11(16)17/h5,8,10H,4,6-7,9H2,1-3H3,(H,16,17). The second kappa shape index (κ2) is 7.43. The molecule has 0 radical (unpaired) electrons. The molecule has 1 aromatic rings. The molecule has 0 unspecified atom stereocenters. The molecule has 0 aromatic carbocycles. The molecule has 0 spiro atoms. The molecule has 6 heteroatoms. The van der Waals surface area contributed by atoms with E-state index in [1.54, 1.807) is 6.20 Å². The summed E-state index contributed by atoms with van der Waals surface area (Å²) in [6.45, 7) is 6.24. The molecule has 1 N–H and O–H groups in total. The van der Waals surface area contributed by atoms with Crippen LogP contribution in [0.3, 0.4) is 0 Å². The van der Waals surface area contributed by atoms with E-state index in [4.69, 9.17) is 5.11 Å². The maximum atomic E-state index is 10.5. The largest absolute Gasteiger partial charge is 0.481 e. The molecule has 0 bridgehead atoms. The number of carbonyl (C=O) groups is 1. The minimum atomic E-state index is -0.811. The van der Waals surface area contributed by atoms with Gasteiger partial charge in [-0.2, -0.15) is 0 Å². The molecule has 0 aliphatic rings. The average molecular weight is 271 g/mol. The minimum absolute atomic E-state index is 0.0584. The first-order valence-corrected chi connectivity index (χ1v) is 7.05. The molecule has 1 rings (SSSR count). The first-order chi connectivity index (χ1) is 8.50. The van der Waals surface area contributed by atoms with Gasteiger partial charge in [-0.15, -0.1) is 0 Å². The lowest BCUT2D eigenvalue weighted by molar-refractivity contribution is -0.133. The molecule has 5 nitrogen and oxygen atoms in total. The molecule has 0 fully saturated rings. The smallest absolute Gasteiger partial charge is 0.313 e. The number of rotatable bonds is 8. The molecule has 18 heavy (non-hydrogen) atoms. The van der Waals surface area contributed by atoms with Gasteiger partial charge >= 0.3 is 5.97 Å². The summed E-state index contributed by atoms with van der Waals surface area (Å²) in [6.07, 6.45) is 4.65. The highest BCUT2D eigenvalue weighted by Gasteiger charge is 2.07. The van der Waals surface area contributed by atoms with Crippen molar-refractivity contribution < 1.29 is 9.90 Å². The van der Waals surface area contributed by atoms with Crippen LogP contribution < -0.4 is 0 Å². The van der Waals surface area contributed by atoms with Crippen LogP contribution in [0.25, 0.3) is 0 Å². The highest BCUT2D eigenvalue weighted by atomic mass is 32.2. The number of hydrogen-bond acceptors (Lipinski definition) is 4. The molecular formula is C12H21N3O2S. The van der Waals surface area contributed by atoms with Crippen LogP contribution in [0.15, 0.2) is 17.6 Å². The van der Waals surface area contributed by atoms with Crippen molar-refractivity contribution in [1.29, 1.82) is 0 Å².